The van der Waals surface area contributed by atoms with E-state index in [2.05, 4.69) is 45.6 Å². The standard InChI is InChI=1S/C19H24N8O.H2/c1-19(2)7-15(3-4-16(19)28)25-17-14(9-21)11-23-18(26-17)22-5-6-27-12-13(8-20)10-24-27;/h10-12,15-16,28H,3-7H2,1-2H3,(H2,22,23,25,26);1H/t15-,16+;/m1./s1. The largest absolute Gasteiger partial charge is 0.393 e. The molecule has 2 aromatic heterocycles. The number of nitrogens with one attached hydrogen (secondary N) is 2. The van der Waals surface area contributed by atoms with Crippen LogP contribution in [0.25, 0.3) is 0 Å². The summed E-state index contributed by atoms with van der Waals surface area (Å²) in [5.41, 5.74) is 0.727. The van der Waals surface area contributed by atoms with E-state index in [4.69, 9.17) is 5.26 Å². The molecule has 0 aromatic carbocycles. The lowest BCUT2D eigenvalue weighted by Crippen LogP contribution is -2.41. The first-order valence-corrected chi connectivity index (χ1v) is 9.29. The van der Waals surface area contributed by atoms with Crippen LogP contribution in [0.1, 0.15) is 45.7 Å². The second-order valence-corrected chi connectivity index (χ2v) is 7.73. The number of aromatic nitrogens is 4. The zero-order valence-corrected chi connectivity index (χ0v) is 16.1. The lowest BCUT2D eigenvalue weighted by atomic mass is 9.73. The van der Waals surface area contributed by atoms with Crippen molar-refractivity contribution in [3.05, 3.63) is 29.7 Å². The maximum Gasteiger partial charge on any atom is 0.224 e. The molecule has 28 heavy (non-hydrogen) atoms. The highest BCUT2D eigenvalue weighted by Gasteiger charge is 2.35. The first-order chi connectivity index (χ1) is 13.4. The molecule has 9 heteroatoms. The van der Waals surface area contributed by atoms with Gasteiger partial charge in [-0.15, -0.1) is 0 Å². The van der Waals surface area contributed by atoms with Gasteiger partial charge in [-0.25, -0.2) is 4.98 Å². The minimum atomic E-state index is -0.313. The van der Waals surface area contributed by atoms with Crippen molar-refractivity contribution in [3.8, 4) is 12.1 Å². The van der Waals surface area contributed by atoms with Crippen LogP contribution < -0.4 is 10.6 Å². The molecule has 0 radical (unpaired) electrons. The summed E-state index contributed by atoms with van der Waals surface area (Å²) in [6.07, 6.45) is 6.72. The molecule has 0 spiro atoms. The number of anilines is 2. The van der Waals surface area contributed by atoms with Crippen molar-refractivity contribution in [2.24, 2.45) is 5.41 Å². The molecule has 3 rings (SSSR count). The second kappa shape index (κ2) is 8.24. The third-order valence-corrected chi connectivity index (χ3v) is 5.10. The first kappa shape index (κ1) is 19.6. The van der Waals surface area contributed by atoms with E-state index < -0.39 is 0 Å². The summed E-state index contributed by atoms with van der Waals surface area (Å²) in [5, 5.41) is 38.9. The van der Waals surface area contributed by atoms with E-state index in [0.717, 1.165) is 19.3 Å². The average molecular weight is 382 g/mol. The highest BCUT2D eigenvalue weighted by Crippen LogP contribution is 2.36. The molecular weight excluding hydrogens is 356 g/mol. The van der Waals surface area contributed by atoms with Gasteiger partial charge >= 0.3 is 0 Å². The van der Waals surface area contributed by atoms with Crippen molar-refractivity contribution < 1.29 is 6.53 Å². The van der Waals surface area contributed by atoms with Gasteiger partial charge in [-0.2, -0.15) is 20.6 Å². The summed E-state index contributed by atoms with van der Waals surface area (Å²) in [7, 11) is 0. The van der Waals surface area contributed by atoms with Crippen LogP contribution in [0.4, 0.5) is 11.8 Å². The number of rotatable bonds is 6. The van der Waals surface area contributed by atoms with E-state index >= 15 is 0 Å². The molecule has 2 aromatic rings. The lowest BCUT2D eigenvalue weighted by molar-refractivity contribution is 0.00926. The Morgan fingerprint density at radius 2 is 2.14 bits per heavy atom. The third kappa shape index (κ3) is 4.56. The molecule has 148 valence electrons. The van der Waals surface area contributed by atoms with Crippen molar-refractivity contribution in [1.29, 1.82) is 10.5 Å². The molecule has 9 nitrogen and oxygen atoms in total. The summed E-state index contributed by atoms with van der Waals surface area (Å²) in [6, 6.07) is 4.30. The number of nitrogens with zero attached hydrogens (tertiary/aromatic N) is 6. The third-order valence-electron chi connectivity index (χ3n) is 5.10. The van der Waals surface area contributed by atoms with Crippen molar-refractivity contribution in [2.75, 3.05) is 17.2 Å². The maximum atomic E-state index is 10.1. The smallest absolute Gasteiger partial charge is 0.224 e. The van der Waals surface area contributed by atoms with E-state index in [1.165, 1.54) is 12.4 Å². The summed E-state index contributed by atoms with van der Waals surface area (Å²) in [6.45, 7) is 5.19. The Morgan fingerprint density at radius 1 is 1.32 bits per heavy atom. The molecule has 1 aliphatic rings. The Labute approximate surface area is 165 Å². The molecular formula is C19H26N8O. The van der Waals surface area contributed by atoms with E-state index in [1.54, 1.807) is 10.9 Å². The van der Waals surface area contributed by atoms with E-state index in [-0.39, 0.29) is 19.0 Å². The molecule has 0 aliphatic heterocycles. The number of aliphatic hydroxyl groups is 1. The molecule has 3 N–H and O–H groups in total. The summed E-state index contributed by atoms with van der Waals surface area (Å²) < 4.78 is 1.67. The summed E-state index contributed by atoms with van der Waals surface area (Å²) >= 11 is 0. The highest BCUT2D eigenvalue weighted by molar-refractivity contribution is 5.54. The fraction of sp³-hybridized carbons (Fsp3) is 0.526. The van der Waals surface area contributed by atoms with Gasteiger partial charge < -0.3 is 15.7 Å². The van der Waals surface area contributed by atoms with Crippen LogP contribution in [-0.4, -0.2) is 43.5 Å². The number of aliphatic hydroxyl groups excluding tert-OH is 1. The zero-order valence-electron chi connectivity index (χ0n) is 16.1. The average Bonchev–Trinajstić information content (AvgIpc) is 3.13. The number of hydrogen-bond donors (Lipinski definition) is 3. The minimum absolute atomic E-state index is 0. The number of nitriles is 2. The minimum Gasteiger partial charge on any atom is -0.393 e. The second-order valence-electron chi connectivity index (χ2n) is 7.73. The van der Waals surface area contributed by atoms with Gasteiger partial charge in [-0.05, 0) is 24.7 Å². The molecule has 0 bridgehead atoms. The first-order valence-electron chi connectivity index (χ1n) is 9.29. The Bertz CT molecular complexity index is 914. The van der Waals surface area contributed by atoms with Crippen molar-refractivity contribution in [1.82, 2.24) is 19.7 Å². The topological polar surface area (TPSA) is 135 Å². The van der Waals surface area contributed by atoms with E-state index in [9.17, 15) is 10.4 Å². The van der Waals surface area contributed by atoms with Gasteiger partial charge in [0.15, 0.2) is 0 Å². The van der Waals surface area contributed by atoms with Gasteiger partial charge in [0.1, 0.15) is 23.5 Å². The van der Waals surface area contributed by atoms with Crippen molar-refractivity contribution in [3.63, 3.8) is 0 Å². The van der Waals surface area contributed by atoms with Crippen molar-refractivity contribution >= 4 is 11.8 Å². The van der Waals surface area contributed by atoms with Crippen LogP contribution in [0.3, 0.4) is 0 Å². The predicted octanol–water partition coefficient (Wildman–Crippen LogP) is 2.13. The van der Waals surface area contributed by atoms with Crippen LogP contribution in [0, 0.1) is 28.1 Å². The van der Waals surface area contributed by atoms with Crippen LogP contribution in [0.2, 0.25) is 0 Å². The van der Waals surface area contributed by atoms with E-state index in [1.807, 2.05) is 6.07 Å². The predicted molar refractivity (Wildman–Crippen MR) is 105 cm³/mol. The van der Waals surface area contributed by atoms with Gasteiger partial charge in [-0.1, -0.05) is 13.8 Å². The quantitative estimate of drug-likeness (QED) is 0.691. The lowest BCUT2D eigenvalue weighted by Gasteiger charge is -2.40. The summed E-state index contributed by atoms with van der Waals surface area (Å²) in [5.74, 6) is 0.923. The van der Waals surface area contributed by atoms with Gasteiger partial charge in [-0.3, -0.25) is 4.68 Å². The molecule has 2 heterocycles. The fourth-order valence-electron chi connectivity index (χ4n) is 3.42. The summed E-state index contributed by atoms with van der Waals surface area (Å²) in [4.78, 5) is 8.65. The van der Waals surface area contributed by atoms with Gasteiger partial charge in [0.2, 0.25) is 5.95 Å². The molecule has 2 atom stereocenters. The maximum absolute atomic E-state index is 10.1. The Kier molecular flexibility index (Phi) is 5.76. The van der Waals surface area contributed by atoms with Crippen LogP contribution in [-0.2, 0) is 6.54 Å². The van der Waals surface area contributed by atoms with Crippen LogP contribution >= 0.6 is 0 Å². The Balaban J connectivity index is 0.00000300. The SMILES string of the molecule is CC1(C)C[C@H](Nc2nc(NCCn3cc(C#N)cn3)ncc2C#N)CC[C@@H]1O.[HH]. The molecule has 0 saturated heterocycles. The molecule has 1 fully saturated rings. The van der Waals surface area contributed by atoms with Crippen LogP contribution in [0.15, 0.2) is 18.6 Å². The van der Waals surface area contributed by atoms with Gasteiger partial charge in [0.25, 0.3) is 0 Å². The Hall–Kier alpha value is -3.17. The molecule has 0 unspecified atom stereocenters. The Morgan fingerprint density at radius 3 is 2.82 bits per heavy atom. The number of hydrogen-bond acceptors (Lipinski definition) is 8. The molecule has 0 amide bonds. The monoisotopic (exact) mass is 382 g/mol. The fourth-order valence-corrected chi connectivity index (χ4v) is 3.42. The van der Waals surface area contributed by atoms with Gasteiger partial charge in [0, 0.05) is 20.2 Å². The van der Waals surface area contributed by atoms with E-state index in [0.29, 0.717) is 36.0 Å². The molecule has 1 aliphatic carbocycles. The van der Waals surface area contributed by atoms with Crippen molar-refractivity contribution in [2.45, 2.75) is 51.8 Å². The van der Waals surface area contributed by atoms with Crippen LogP contribution in [0.5, 0.6) is 0 Å². The normalized spacial score (nSPS) is 20.8. The molecule has 1 saturated carbocycles. The zero-order chi connectivity index (χ0) is 20.1. The van der Waals surface area contributed by atoms with Gasteiger partial charge in [0.05, 0.1) is 30.6 Å². The highest BCUT2D eigenvalue weighted by atomic mass is 16.3.